The summed E-state index contributed by atoms with van der Waals surface area (Å²) in [5, 5.41) is 0. The average Bonchev–Trinajstić information content (AvgIpc) is 2.35. The topological polar surface area (TPSA) is 0 Å². The number of alkyl halides is 2. The van der Waals surface area contributed by atoms with Crippen LogP contribution in [0.3, 0.4) is 0 Å². The lowest BCUT2D eigenvalue weighted by Gasteiger charge is -2.30. The molecule has 1 rings (SSSR count). The Labute approximate surface area is 113 Å². The van der Waals surface area contributed by atoms with Crippen molar-refractivity contribution in [2.45, 2.75) is 38.0 Å². The van der Waals surface area contributed by atoms with E-state index in [1.165, 1.54) is 6.07 Å². The van der Waals surface area contributed by atoms with Crippen LogP contribution in [0.1, 0.15) is 38.2 Å². The summed E-state index contributed by atoms with van der Waals surface area (Å²) in [6.07, 6.45) is 4.30. The molecule has 0 saturated carbocycles. The molecule has 1 aromatic rings. The number of halogens is 3. The van der Waals surface area contributed by atoms with Gasteiger partial charge in [-0.15, -0.1) is 23.2 Å². The summed E-state index contributed by atoms with van der Waals surface area (Å²) < 4.78 is 13.3. The molecule has 96 valence electrons. The standard InChI is InChI=1S/C14H19Cl2F/c1-2-3-4-8-14(10-15,11-16)12-6-5-7-13(17)9-12/h5-7,9H,2-4,8,10-11H2,1H3. The van der Waals surface area contributed by atoms with Gasteiger partial charge in [0.1, 0.15) is 5.82 Å². The Morgan fingerprint density at radius 2 is 1.88 bits per heavy atom. The van der Waals surface area contributed by atoms with E-state index < -0.39 is 0 Å². The molecule has 0 radical (unpaired) electrons. The predicted octanol–water partition coefficient (Wildman–Crippen LogP) is 5.12. The molecule has 3 heteroatoms. The van der Waals surface area contributed by atoms with E-state index in [0.717, 1.165) is 31.2 Å². The first kappa shape index (κ1) is 14.8. The maximum absolute atomic E-state index is 13.3. The van der Waals surface area contributed by atoms with Crippen LogP contribution in [0, 0.1) is 5.82 Å². The highest BCUT2D eigenvalue weighted by molar-refractivity contribution is 6.22. The van der Waals surface area contributed by atoms with E-state index in [1.807, 2.05) is 6.07 Å². The van der Waals surface area contributed by atoms with Gasteiger partial charge in [-0.1, -0.05) is 38.3 Å². The first-order valence-corrected chi connectivity index (χ1v) is 7.13. The van der Waals surface area contributed by atoms with Crippen LogP contribution >= 0.6 is 23.2 Å². The predicted molar refractivity (Wildman–Crippen MR) is 73.7 cm³/mol. The van der Waals surface area contributed by atoms with Crippen molar-refractivity contribution in [2.75, 3.05) is 11.8 Å². The van der Waals surface area contributed by atoms with Crippen molar-refractivity contribution >= 4 is 23.2 Å². The highest BCUT2D eigenvalue weighted by atomic mass is 35.5. The van der Waals surface area contributed by atoms with E-state index in [9.17, 15) is 4.39 Å². The molecule has 17 heavy (non-hydrogen) atoms. The largest absolute Gasteiger partial charge is 0.207 e. The van der Waals surface area contributed by atoms with E-state index >= 15 is 0 Å². The normalized spacial score (nSPS) is 11.8. The van der Waals surface area contributed by atoms with Crippen LogP contribution in [0.25, 0.3) is 0 Å². The van der Waals surface area contributed by atoms with Crippen molar-refractivity contribution < 1.29 is 4.39 Å². The smallest absolute Gasteiger partial charge is 0.123 e. The fourth-order valence-electron chi connectivity index (χ4n) is 2.00. The molecule has 0 aliphatic carbocycles. The number of benzene rings is 1. The molecule has 0 aliphatic heterocycles. The van der Waals surface area contributed by atoms with Crippen molar-refractivity contribution in [3.8, 4) is 0 Å². The fourth-order valence-corrected chi connectivity index (χ4v) is 2.86. The number of unbranched alkanes of at least 4 members (excludes halogenated alkanes) is 2. The molecule has 0 saturated heterocycles. The van der Waals surface area contributed by atoms with Gasteiger partial charge in [0, 0.05) is 17.2 Å². The molecule has 0 aromatic heterocycles. The van der Waals surface area contributed by atoms with Gasteiger partial charge >= 0.3 is 0 Å². The Morgan fingerprint density at radius 1 is 1.18 bits per heavy atom. The maximum atomic E-state index is 13.3. The van der Waals surface area contributed by atoms with Gasteiger partial charge < -0.3 is 0 Å². The van der Waals surface area contributed by atoms with Gasteiger partial charge in [0.05, 0.1) is 0 Å². The van der Waals surface area contributed by atoms with Crippen molar-refractivity contribution in [3.05, 3.63) is 35.6 Å². The summed E-state index contributed by atoms with van der Waals surface area (Å²) in [4.78, 5) is 0. The minimum absolute atomic E-state index is 0.224. The third-order valence-electron chi connectivity index (χ3n) is 3.21. The minimum Gasteiger partial charge on any atom is -0.207 e. The first-order valence-electron chi connectivity index (χ1n) is 6.06. The van der Waals surface area contributed by atoms with Gasteiger partial charge in [0.15, 0.2) is 0 Å². The zero-order chi connectivity index (χ0) is 12.7. The SMILES string of the molecule is CCCCCC(CCl)(CCl)c1cccc(F)c1. The highest BCUT2D eigenvalue weighted by Crippen LogP contribution is 2.33. The van der Waals surface area contributed by atoms with Crippen LogP contribution in [0.4, 0.5) is 4.39 Å². The van der Waals surface area contributed by atoms with E-state index in [1.54, 1.807) is 12.1 Å². The average molecular weight is 277 g/mol. The van der Waals surface area contributed by atoms with Crippen LogP contribution in [-0.2, 0) is 5.41 Å². The second kappa shape index (κ2) is 7.23. The van der Waals surface area contributed by atoms with Crippen molar-refractivity contribution in [1.29, 1.82) is 0 Å². The fraction of sp³-hybridized carbons (Fsp3) is 0.571. The third-order valence-corrected chi connectivity index (χ3v) is 4.23. The molecule has 0 nitrogen and oxygen atoms in total. The number of rotatable bonds is 7. The summed E-state index contributed by atoms with van der Waals surface area (Å²) in [5.41, 5.74) is 0.624. The van der Waals surface area contributed by atoms with Gasteiger partial charge in [-0.2, -0.15) is 0 Å². The van der Waals surface area contributed by atoms with Crippen LogP contribution in [-0.4, -0.2) is 11.8 Å². The molecule has 0 fully saturated rings. The van der Waals surface area contributed by atoms with Crippen molar-refractivity contribution in [1.82, 2.24) is 0 Å². The maximum Gasteiger partial charge on any atom is 0.123 e. The van der Waals surface area contributed by atoms with Crippen LogP contribution < -0.4 is 0 Å². The van der Waals surface area contributed by atoms with Crippen molar-refractivity contribution in [2.24, 2.45) is 0 Å². The Morgan fingerprint density at radius 3 is 2.41 bits per heavy atom. The van der Waals surface area contributed by atoms with Crippen molar-refractivity contribution in [3.63, 3.8) is 0 Å². The number of hydrogen-bond donors (Lipinski definition) is 0. The van der Waals surface area contributed by atoms with E-state index in [4.69, 9.17) is 23.2 Å². The molecule has 0 heterocycles. The summed E-state index contributed by atoms with van der Waals surface area (Å²) >= 11 is 12.2. The molecular weight excluding hydrogens is 258 g/mol. The molecule has 0 atom stereocenters. The summed E-state index contributed by atoms with van der Waals surface area (Å²) in [5.74, 6) is 0.644. The Balaban J connectivity index is 2.89. The van der Waals surface area contributed by atoms with E-state index in [0.29, 0.717) is 11.8 Å². The quantitative estimate of drug-likeness (QED) is 0.479. The Bertz CT molecular complexity index is 335. The summed E-state index contributed by atoms with van der Waals surface area (Å²) in [6.45, 7) is 2.16. The van der Waals surface area contributed by atoms with Gasteiger partial charge in [0.25, 0.3) is 0 Å². The number of hydrogen-bond acceptors (Lipinski definition) is 0. The monoisotopic (exact) mass is 276 g/mol. The van der Waals surface area contributed by atoms with Crippen LogP contribution in [0.5, 0.6) is 0 Å². The highest BCUT2D eigenvalue weighted by Gasteiger charge is 2.30. The van der Waals surface area contributed by atoms with Crippen LogP contribution in [0.15, 0.2) is 24.3 Å². The molecule has 1 aromatic carbocycles. The lowest BCUT2D eigenvalue weighted by atomic mass is 9.79. The molecule has 0 amide bonds. The Kier molecular flexibility index (Phi) is 6.29. The second-order valence-corrected chi connectivity index (χ2v) is 5.05. The lowest BCUT2D eigenvalue weighted by Crippen LogP contribution is -2.30. The van der Waals surface area contributed by atoms with Crippen LogP contribution in [0.2, 0.25) is 0 Å². The Hall–Kier alpha value is -0.270. The summed E-state index contributed by atoms with van der Waals surface area (Å²) in [7, 11) is 0. The van der Waals surface area contributed by atoms with Gasteiger partial charge in [-0.05, 0) is 24.1 Å². The zero-order valence-corrected chi connectivity index (χ0v) is 11.7. The third kappa shape index (κ3) is 3.86. The second-order valence-electron chi connectivity index (χ2n) is 4.52. The molecule has 0 unspecified atom stereocenters. The first-order chi connectivity index (χ1) is 8.18. The molecular formula is C14H19Cl2F. The van der Waals surface area contributed by atoms with Gasteiger partial charge in [0.2, 0.25) is 0 Å². The molecule has 0 N–H and O–H groups in total. The molecule has 0 aliphatic rings. The molecule has 0 bridgehead atoms. The molecule has 0 spiro atoms. The minimum atomic E-state index is -0.291. The lowest BCUT2D eigenvalue weighted by molar-refractivity contribution is 0.458. The zero-order valence-electron chi connectivity index (χ0n) is 10.2. The summed E-state index contributed by atoms with van der Waals surface area (Å²) in [6, 6.07) is 6.64. The van der Waals surface area contributed by atoms with Gasteiger partial charge in [-0.3, -0.25) is 0 Å². The van der Waals surface area contributed by atoms with E-state index in [-0.39, 0.29) is 11.2 Å². The van der Waals surface area contributed by atoms with Gasteiger partial charge in [-0.25, -0.2) is 4.39 Å². The van der Waals surface area contributed by atoms with E-state index in [2.05, 4.69) is 6.92 Å².